The zero-order valence-electron chi connectivity index (χ0n) is 13.0. The number of halogens is 1. The molecule has 0 aliphatic carbocycles. The number of rotatable bonds is 4. The normalized spacial score (nSPS) is 17.6. The number of amides is 1. The summed E-state index contributed by atoms with van der Waals surface area (Å²) in [4.78, 5) is 15.8. The monoisotopic (exact) mass is 398 g/mol. The summed E-state index contributed by atoms with van der Waals surface area (Å²) in [5, 5.41) is 9.10. The molecule has 0 atom stereocenters. The average molecular weight is 398 g/mol. The molecule has 0 radical (unpaired) electrons. The van der Waals surface area contributed by atoms with Crippen molar-refractivity contribution in [2.45, 2.75) is 33.2 Å². The van der Waals surface area contributed by atoms with Crippen molar-refractivity contribution in [2.24, 2.45) is 10.4 Å². The molecule has 7 heteroatoms. The van der Waals surface area contributed by atoms with Crippen molar-refractivity contribution < 1.29 is 9.53 Å². The number of aliphatic imine (C=N–C) groups is 1. The van der Waals surface area contributed by atoms with E-state index < -0.39 is 0 Å². The lowest BCUT2D eigenvalue weighted by Gasteiger charge is -2.38. The van der Waals surface area contributed by atoms with Crippen molar-refractivity contribution in [1.82, 2.24) is 16.0 Å². The van der Waals surface area contributed by atoms with Gasteiger partial charge in [0.15, 0.2) is 5.96 Å². The van der Waals surface area contributed by atoms with Gasteiger partial charge in [0, 0.05) is 24.5 Å². The molecular formula is C13H27IN4O2. The molecule has 0 aromatic carbocycles. The first-order valence-corrected chi connectivity index (χ1v) is 6.57. The Labute approximate surface area is 138 Å². The van der Waals surface area contributed by atoms with Crippen LogP contribution in [0.4, 0.5) is 0 Å². The summed E-state index contributed by atoms with van der Waals surface area (Å²) < 4.78 is 5.19. The van der Waals surface area contributed by atoms with E-state index in [1.165, 1.54) is 0 Å². The number of nitrogens with one attached hydrogen (secondary N) is 3. The van der Waals surface area contributed by atoms with E-state index in [2.05, 4.69) is 27.9 Å². The summed E-state index contributed by atoms with van der Waals surface area (Å²) in [5.41, 5.74) is -0.0439. The van der Waals surface area contributed by atoms with Gasteiger partial charge < -0.3 is 20.7 Å². The molecule has 6 nitrogen and oxygen atoms in total. The second-order valence-electron chi connectivity index (χ2n) is 6.38. The van der Waals surface area contributed by atoms with Crippen LogP contribution in [0.2, 0.25) is 0 Å². The van der Waals surface area contributed by atoms with Crippen molar-refractivity contribution in [3.05, 3.63) is 0 Å². The predicted octanol–water partition coefficient (Wildman–Crippen LogP) is 0.721. The maximum atomic E-state index is 11.7. The zero-order chi connectivity index (χ0) is 14.5. The van der Waals surface area contributed by atoms with E-state index in [4.69, 9.17) is 4.74 Å². The quantitative estimate of drug-likeness (QED) is 0.371. The number of hydrogen-bond acceptors (Lipinski definition) is 3. The Hall–Kier alpha value is -0.570. The number of hydrogen-bond donors (Lipinski definition) is 3. The summed E-state index contributed by atoms with van der Waals surface area (Å²) in [6.07, 6.45) is 0. The third-order valence-electron chi connectivity index (χ3n) is 2.74. The Balaban J connectivity index is 0.00000361. The van der Waals surface area contributed by atoms with E-state index in [9.17, 15) is 4.79 Å². The van der Waals surface area contributed by atoms with Crippen LogP contribution in [0.25, 0.3) is 0 Å². The SMILES string of the molecule is CN=C(NCC(=O)NC(C)(C)C)NCC1(C)COC1.I. The van der Waals surface area contributed by atoms with Gasteiger partial charge >= 0.3 is 0 Å². The van der Waals surface area contributed by atoms with E-state index in [1.54, 1.807) is 7.05 Å². The Morgan fingerprint density at radius 3 is 2.30 bits per heavy atom. The van der Waals surface area contributed by atoms with Gasteiger partial charge in [0.2, 0.25) is 5.91 Å². The van der Waals surface area contributed by atoms with Gasteiger partial charge in [0.05, 0.1) is 19.8 Å². The highest BCUT2D eigenvalue weighted by atomic mass is 127. The van der Waals surface area contributed by atoms with Crippen LogP contribution in [0.5, 0.6) is 0 Å². The molecular weight excluding hydrogens is 371 g/mol. The van der Waals surface area contributed by atoms with E-state index >= 15 is 0 Å². The number of guanidine groups is 1. The molecule has 1 saturated heterocycles. The topological polar surface area (TPSA) is 74.8 Å². The molecule has 3 N–H and O–H groups in total. The molecule has 0 aromatic heterocycles. The van der Waals surface area contributed by atoms with Crippen LogP contribution in [0.3, 0.4) is 0 Å². The molecule has 1 amide bonds. The Bertz CT molecular complexity index is 349. The van der Waals surface area contributed by atoms with Gasteiger partial charge in [-0.2, -0.15) is 0 Å². The molecule has 1 aliphatic rings. The molecule has 0 bridgehead atoms. The first-order valence-electron chi connectivity index (χ1n) is 6.57. The lowest BCUT2D eigenvalue weighted by molar-refractivity contribution is -0.121. The van der Waals surface area contributed by atoms with Crippen molar-refractivity contribution in [2.75, 3.05) is 33.4 Å². The van der Waals surface area contributed by atoms with E-state index in [1.807, 2.05) is 20.8 Å². The number of carbonyl (C=O) groups excluding carboxylic acids is 1. The Morgan fingerprint density at radius 2 is 1.90 bits per heavy atom. The number of ether oxygens (including phenoxy) is 1. The van der Waals surface area contributed by atoms with E-state index in [0.717, 1.165) is 19.8 Å². The highest BCUT2D eigenvalue weighted by Gasteiger charge is 2.33. The number of carbonyl (C=O) groups is 1. The van der Waals surface area contributed by atoms with Gasteiger partial charge in [-0.15, -0.1) is 24.0 Å². The third kappa shape index (κ3) is 7.28. The van der Waals surface area contributed by atoms with Crippen LogP contribution in [0, 0.1) is 5.41 Å². The lowest BCUT2D eigenvalue weighted by Crippen LogP contribution is -2.52. The molecule has 118 valence electrons. The summed E-state index contributed by atoms with van der Waals surface area (Å²) in [6, 6.07) is 0. The molecule has 1 aliphatic heterocycles. The largest absolute Gasteiger partial charge is 0.380 e. The maximum absolute atomic E-state index is 11.7. The molecule has 1 heterocycles. The van der Waals surface area contributed by atoms with Gasteiger partial charge in [-0.1, -0.05) is 6.92 Å². The summed E-state index contributed by atoms with van der Waals surface area (Å²) >= 11 is 0. The fourth-order valence-electron chi connectivity index (χ4n) is 1.70. The standard InChI is InChI=1S/C13H26N4O2.HI/c1-12(2,3)17-10(18)6-15-11(14-5)16-7-13(4)8-19-9-13;/h6-9H2,1-5H3,(H,17,18)(H2,14,15,16);1H. The summed E-state index contributed by atoms with van der Waals surface area (Å²) in [5.74, 6) is 0.589. The average Bonchev–Trinajstić information content (AvgIpc) is 2.24. The first-order chi connectivity index (χ1) is 8.74. The highest BCUT2D eigenvalue weighted by molar-refractivity contribution is 14.0. The molecule has 0 spiro atoms. The van der Waals surface area contributed by atoms with Gasteiger partial charge in [-0.25, -0.2) is 0 Å². The lowest BCUT2D eigenvalue weighted by atomic mass is 9.89. The van der Waals surface area contributed by atoms with Crippen LogP contribution in [0.1, 0.15) is 27.7 Å². The van der Waals surface area contributed by atoms with Crippen molar-refractivity contribution in [3.63, 3.8) is 0 Å². The van der Waals surface area contributed by atoms with E-state index in [-0.39, 0.29) is 47.4 Å². The van der Waals surface area contributed by atoms with Crippen molar-refractivity contribution >= 4 is 35.8 Å². The van der Waals surface area contributed by atoms with Crippen LogP contribution >= 0.6 is 24.0 Å². The van der Waals surface area contributed by atoms with Gasteiger partial charge in [0.1, 0.15) is 0 Å². The second-order valence-corrected chi connectivity index (χ2v) is 6.38. The highest BCUT2D eigenvalue weighted by Crippen LogP contribution is 2.24. The summed E-state index contributed by atoms with van der Waals surface area (Å²) in [7, 11) is 1.69. The van der Waals surface area contributed by atoms with Crippen LogP contribution in [0.15, 0.2) is 4.99 Å². The van der Waals surface area contributed by atoms with Gasteiger partial charge in [-0.3, -0.25) is 9.79 Å². The van der Waals surface area contributed by atoms with Crippen LogP contribution in [-0.4, -0.2) is 50.8 Å². The fourth-order valence-corrected chi connectivity index (χ4v) is 1.70. The number of nitrogens with zero attached hydrogens (tertiary/aromatic N) is 1. The minimum Gasteiger partial charge on any atom is -0.380 e. The van der Waals surface area contributed by atoms with E-state index in [0.29, 0.717) is 5.96 Å². The Morgan fingerprint density at radius 1 is 1.30 bits per heavy atom. The fraction of sp³-hybridized carbons (Fsp3) is 0.846. The van der Waals surface area contributed by atoms with Gasteiger partial charge in [0.25, 0.3) is 0 Å². The first kappa shape index (κ1) is 19.4. The molecule has 0 saturated carbocycles. The maximum Gasteiger partial charge on any atom is 0.239 e. The minimum atomic E-state index is -0.216. The van der Waals surface area contributed by atoms with Crippen molar-refractivity contribution in [3.8, 4) is 0 Å². The predicted molar refractivity (Wildman–Crippen MR) is 91.6 cm³/mol. The molecule has 0 aromatic rings. The molecule has 0 unspecified atom stereocenters. The molecule has 20 heavy (non-hydrogen) atoms. The van der Waals surface area contributed by atoms with Crippen LogP contribution in [-0.2, 0) is 9.53 Å². The molecule has 1 fully saturated rings. The van der Waals surface area contributed by atoms with Gasteiger partial charge in [-0.05, 0) is 20.8 Å². The summed E-state index contributed by atoms with van der Waals surface area (Å²) in [6.45, 7) is 10.5. The smallest absolute Gasteiger partial charge is 0.239 e. The van der Waals surface area contributed by atoms with Crippen LogP contribution < -0.4 is 16.0 Å². The Kier molecular flexibility index (Phi) is 7.79. The second kappa shape index (κ2) is 8.02. The zero-order valence-corrected chi connectivity index (χ0v) is 15.3. The van der Waals surface area contributed by atoms with Crippen molar-refractivity contribution in [1.29, 1.82) is 0 Å². The minimum absolute atomic E-state index is 0. The third-order valence-corrected chi connectivity index (χ3v) is 2.74. The molecule has 1 rings (SSSR count).